The number of carbonyl (C=O) groups excluding carboxylic acids is 1. The standard InChI is InChI=1S/C26H28ClN3O2/c1-16-9-17(2)11-21(10-16)30-18(3)12-22-23(14-26(4,5)15-24(22)30)29-32-25(31)28-20-8-6-7-19(27)13-20/h6-13H,14-15H2,1-5H3,(H,28,31)/b29-23+. The summed E-state index contributed by atoms with van der Waals surface area (Å²) in [6.07, 6.45) is 0.993. The first-order valence-corrected chi connectivity index (χ1v) is 11.1. The number of hydrogen-bond acceptors (Lipinski definition) is 3. The van der Waals surface area contributed by atoms with Crippen LogP contribution in [0.25, 0.3) is 5.69 Å². The van der Waals surface area contributed by atoms with Crippen molar-refractivity contribution < 1.29 is 9.63 Å². The number of benzene rings is 2. The number of nitrogens with zero attached hydrogens (tertiary/aromatic N) is 2. The summed E-state index contributed by atoms with van der Waals surface area (Å²) in [5.41, 5.74) is 8.30. The Bertz CT molecular complexity index is 1200. The van der Waals surface area contributed by atoms with Crippen molar-refractivity contribution in [2.24, 2.45) is 10.6 Å². The smallest absolute Gasteiger partial charge is 0.318 e. The molecule has 32 heavy (non-hydrogen) atoms. The molecule has 1 N–H and O–H groups in total. The van der Waals surface area contributed by atoms with Crippen LogP contribution in [0.1, 0.15) is 48.3 Å². The molecule has 0 saturated carbocycles. The molecule has 1 aromatic heterocycles. The largest absolute Gasteiger partial charge is 0.437 e. The van der Waals surface area contributed by atoms with E-state index in [4.69, 9.17) is 16.4 Å². The van der Waals surface area contributed by atoms with Crippen LogP contribution in [0.4, 0.5) is 10.5 Å². The third-order valence-electron chi connectivity index (χ3n) is 5.66. The van der Waals surface area contributed by atoms with Crippen molar-refractivity contribution >= 4 is 29.1 Å². The van der Waals surface area contributed by atoms with E-state index in [1.54, 1.807) is 24.3 Å². The molecule has 166 valence electrons. The molecule has 5 nitrogen and oxygen atoms in total. The highest BCUT2D eigenvalue weighted by atomic mass is 35.5. The van der Waals surface area contributed by atoms with Crippen LogP contribution in [0, 0.1) is 26.2 Å². The number of fused-ring (bicyclic) bond motifs is 1. The zero-order chi connectivity index (χ0) is 23.0. The lowest BCUT2D eigenvalue weighted by atomic mass is 9.76. The Hall–Kier alpha value is -3.05. The van der Waals surface area contributed by atoms with Crippen molar-refractivity contribution in [2.45, 2.75) is 47.5 Å². The van der Waals surface area contributed by atoms with Gasteiger partial charge in [0.15, 0.2) is 0 Å². The number of aromatic nitrogens is 1. The maximum Gasteiger partial charge on any atom is 0.437 e. The quantitative estimate of drug-likeness (QED) is 0.346. The molecule has 2 aromatic carbocycles. The maximum atomic E-state index is 12.3. The highest BCUT2D eigenvalue weighted by Crippen LogP contribution is 2.38. The molecule has 4 rings (SSSR count). The van der Waals surface area contributed by atoms with Gasteiger partial charge in [0.25, 0.3) is 0 Å². The van der Waals surface area contributed by atoms with E-state index in [-0.39, 0.29) is 5.41 Å². The molecule has 0 fully saturated rings. The van der Waals surface area contributed by atoms with Crippen LogP contribution >= 0.6 is 11.6 Å². The van der Waals surface area contributed by atoms with Crippen LogP contribution in [0.5, 0.6) is 0 Å². The molecule has 1 heterocycles. The average Bonchev–Trinajstić information content (AvgIpc) is 3.00. The second-order valence-electron chi connectivity index (χ2n) is 9.40. The van der Waals surface area contributed by atoms with Gasteiger partial charge in [-0.1, -0.05) is 42.7 Å². The van der Waals surface area contributed by atoms with E-state index < -0.39 is 6.09 Å². The lowest BCUT2D eigenvalue weighted by Gasteiger charge is -2.31. The second-order valence-corrected chi connectivity index (χ2v) is 9.83. The number of hydrogen-bond donors (Lipinski definition) is 1. The van der Waals surface area contributed by atoms with Crippen molar-refractivity contribution in [3.8, 4) is 5.69 Å². The summed E-state index contributed by atoms with van der Waals surface area (Å²) in [5.74, 6) is 0. The SMILES string of the molecule is Cc1cc(C)cc(-n2c(C)cc3c2CC(C)(C)C/C3=N\OC(=O)Nc2cccc(Cl)c2)c1. The number of anilines is 1. The molecule has 0 radical (unpaired) electrons. The fraction of sp³-hybridized carbons (Fsp3) is 0.308. The van der Waals surface area contributed by atoms with Crippen LogP contribution in [-0.2, 0) is 11.3 Å². The Morgan fingerprint density at radius 3 is 2.47 bits per heavy atom. The van der Waals surface area contributed by atoms with E-state index in [1.807, 2.05) is 0 Å². The fourth-order valence-electron chi connectivity index (χ4n) is 4.50. The van der Waals surface area contributed by atoms with Gasteiger partial charge in [0.1, 0.15) is 0 Å². The summed E-state index contributed by atoms with van der Waals surface area (Å²) in [6, 6.07) is 15.6. The molecular weight excluding hydrogens is 422 g/mol. The van der Waals surface area contributed by atoms with E-state index in [0.29, 0.717) is 10.7 Å². The van der Waals surface area contributed by atoms with Crippen LogP contribution in [0.3, 0.4) is 0 Å². The third-order valence-corrected chi connectivity index (χ3v) is 5.90. The predicted octanol–water partition coefficient (Wildman–Crippen LogP) is 6.98. The van der Waals surface area contributed by atoms with Gasteiger partial charge in [0.2, 0.25) is 0 Å². The number of amides is 1. The van der Waals surface area contributed by atoms with Crippen LogP contribution in [-0.4, -0.2) is 16.4 Å². The summed E-state index contributed by atoms with van der Waals surface area (Å²) in [5, 5.41) is 7.48. The number of halogens is 1. The fourth-order valence-corrected chi connectivity index (χ4v) is 4.69. The topological polar surface area (TPSA) is 55.6 Å². The normalized spacial score (nSPS) is 16.0. The molecule has 0 spiro atoms. The molecule has 1 amide bonds. The molecular formula is C26H28ClN3O2. The zero-order valence-electron chi connectivity index (χ0n) is 19.1. The Morgan fingerprint density at radius 2 is 1.78 bits per heavy atom. The molecule has 0 atom stereocenters. The number of nitrogens with one attached hydrogen (secondary N) is 1. The molecule has 0 saturated heterocycles. The molecule has 0 unspecified atom stereocenters. The van der Waals surface area contributed by atoms with Gasteiger partial charge in [0.05, 0.1) is 5.71 Å². The molecule has 1 aliphatic rings. The van der Waals surface area contributed by atoms with Crippen molar-refractivity contribution in [3.05, 3.63) is 81.6 Å². The van der Waals surface area contributed by atoms with Gasteiger partial charge in [-0.15, -0.1) is 0 Å². The first-order chi connectivity index (χ1) is 15.1. The van der Waals surface area contributed by atoms with Crippen molar-refractivity contribution in [2.75, 3.05) is 5.32 Å². The molecule has 1 aliphatic carbocycles. The van der Waals surface area contributed by atoms with Gasteiger partial charge in [-0.05, 0) is 86.6 Å². The van der Waals surface area contributed by atoms with Gasteiger partial charge < -0.3 is 4.57 Å². The summed E-state index contributed by atoms with van der Waals surface area (Å²) in [6.45, 7) is 10.8. The second kappa shape index (κ2) is 8.47. The van der Waals surface area contributed by atoms with Crippen molar-refractivity contribution in [1.82, 2.24) is 4.57 Å². The predicted molar refractivity (Wildman–Crippen MR) is 130 cm³/mol. The maximum absolute atomic E-state index is 12.3. The molecule has 3 aromatic rings. The van der Waals surface area contributed by atoms with E-state index in [1.165, 1.54) is 16.8 Å². The Morgan fingerprint density at radius 1 is 1.06 bits per heavy atom. The lowest BCUT2D eigenvalue weighted by molar-refractivity contribution is 0.165. The number of oxime groups is 1. The highest BCUT2D eigenvalue weighted by molar-refractivity contribution is 6.30. The number of aryl methyl sites for hydroxylation is 3. The highest BCUT2D eigenvalue weighted by Gasteiger charge is 2.33. The Balaban J connectivity index is 1.66. The molecule has 0 bridgehead atoms. The Labute approximate surface area is 194 Å². The first kappa shape index (κ1) is 22.2. The summed E-state index contributed by atoms with van der Waals surface area (Å²) >= 11 is 5.98. The van der Waals surface area contributed by atoms with Gasteiger partial charge in [-0.2, -0.15) is 0 Å². The van der Waals surface area contributed by atoms with Gasteiger partial charge in [-0.25, -0.2) is 4.79 Å². The third kappa shape index (κ3) is 4.73. The van der Waals surface area contributed by atoms with Crippen molar-refractivity contribution in [1.29, 1.82) is 0 Å². The van der Waals surface area contributed by atoms with Gasteiger partial charge in [0, 0.05) is 33.3 Å². The summed E-state index contributed by atoms with van der Waals surface area (Å²) in [4.78, 5) is 17.6. The van der Waals surface area contributed by atoms with E-state index >= 15 is 0 Å². The number of rotatable bonds is 3. The van der Waals surface area contributed by atoms with Crippen molar-refractivity contribution in [3.63, 3.8) is 0 Å². The van der Waals surface area contributed by atoms with Crippen LogP contribution in [0.15, 0.2) is 53.7 Å². The minimum atomic E-state index is -0.643. The lowest BCUT2D eigenvalue weighted by Crippen LogP contribution is -2.29. The van der Waals surface area contributed by atoms with E-state index in [0.717, 1.165) is 35.5 Å². The van der Waals surface area contributed by atoms with Crippen LogP contribution in [0.2, 0.25) is 5.02 Å². The molecule has 0 aliphatic heterocycles. The minimum Gasteiger partial charge on any atom is -0.318 e. The van der Waals surface area contributed by atoms with E-state index in [2.05, 4.69) is 73.9 Å². The molecule has 6 heteroatoms. The Kier molecular flexibility index (Phi) is 5.87. The van der Waals surface area contributed by atoms with Gasteiger partial charge in [-0.3, -0.25) is 10.2 Å². The monoisotopic (exact) mass is 449 g/mol. The average molecular weight is 450 g/mol. The minimum absolute atomic E-state index is 0.0139. The van der Waals surface area contributed by atoms with E-state index in [9.17, 15) is 4.79 Å². The number of carbonyl (C=O) groups is 1. The first-order valence-electron chi connectivity index (χ1n) is 10.7. The van der Waals surface area contributed by atoms with Gasteiger partial charge >= 0.3 is 6.09 Å². The summed E-state index contributed by atoms with van der Waals surface area (Å²) in [7, 11) is 0. The van der Waals surface area contributed by atoms with Crippen LogP contribution < -0.4 is 5.32 Å². The zero-order valence-corrected chi connectivity index (χ0v) is 19.9. The summed E-state index contributed by atoms with van der Waals surface area (Å²) < 4.78 is 2.30.